The molecule has 1 aromatic carbocycles. The first-order chi connectivity index (χ1) is 12.3. The number of aryl methyl sites for hydroxylation is 1. The molecule has 6 heteroatoms. The highest BCUT2D eigenvalue weighted by atomic mass is 79.9. The Labute approximate surface area is 159 Å². The van der Waals surface area contributed by atoms with Crippen LogP contribution in [0.25, 0.3) is 0 Å². The summed E-state index contributed by atoms with van der Waals surface area (Å²) in [5.41, 5.74) is 1.35. The first-order valence-corrected chi connectivity index (χ1v) is 9.95. The molecule has 5 nitrogen and oxygen atoms in total. The van der Waals surface area contributed by atoms with Gasteiger partial charge in [-0.1, -0.05) is 28.1 Å². The van der Waals surface area contributed by atoms with Gasteiger partial charge in [0, 0.05) is 37.8 Å². The van der Waals surface area contributed by atoms with E-state index < -0.39 is 0 Å². The van der Waals surface area contributed by atoms with Crippen molar-refractivity contribution in [1.29, 1.82) is 0 Å². The summed E-state index contributed by atoms with van der Waals surface area (Å²) in [6.07, 6.45) is 5.70. The fourth-order valence-corrected chi connectivity index (χ4v) is 3.23. The van der Waals surface area contributed by atoms with Gasteiger partial charge in [0.15, 0.2) is 5.96 Å². The van der Waals surface area contributed by atoms with Crippen LogP contribution in [0.4, 0.5) is 0 Å². The second-order valence-corrected chi connectivity index (χ2v) is 7.14. The van der Waals surface area contributed by atoms with Crippen LogP contribution < -0.4 is 10.6 Å². The quantitative estimate of drug-likeness (QED) is 0.352. The van der Waals surface area contributed by atoms with Crippen LogP contribution in [0.3, 0.4) is 0 Å². The maximum Gasteiger partial charge on any atom is 0.190 e. The minimum atomic E-state index is 0.313. The molecule has 1 heterocycles. The monoisotopic (exact) mass is 411 g/mol. The average molecular weight is 412 g/mol. The van der Waals surface area contributed by atoms with E-state index in [1.54, 1.807) is 7.05 Å². The fourth-order valence-electron chi connectivity index (χ4n) is 2.78. The number of benzene rings is 1. The molecule has 0 saturated carbocycles. The Hall–Kier alpha value is -1.11. The highest BCUT2D eigenvalue weighted by Gasteiger charge is 2.14. The molecule has 0 bridgehead atoms. The largest absolute Gasteiger partial charge is 0.379 e. The highest BCUT2D eigenvalue weighted by molar-refractivity contribution is 9.10. The first kappa shape index (κ1) is 20.2. The number of nitrogens with zero attached hydrogens (tertiary/aromatic N) is 1. The van der Waals surface area contributed by atoms with Gasteiger partial charge in [-0.15, -0.1) is 0 Å². The molecule has 2 N–H and O–H groups in total. The van der Waals surface area contributed by atoms with E-state index in [4.69, 9.17) is 9.47 Å². The molecule has 1 atom stereocenters. The van der Waals surface area contributed by atoms with Crippen LogP contribution in [0.1, 0.15) is 31.2 Å². The zero-order valence-corrected chi connectivity index (χ0v) is 16.7. The molecule has 0 aromatic heterocycles. The van der Waals surface area contributed by atoms with Crippen molar-refractivity contribution in [2.45, 2.75) is 38.2 Å². The van der Waals surface area contributed by atoms with E-state index in [-0.39, 0.29) is 0 Å². The Morgan fingerprint density at radius 2 is 2.16 bits per heavy atom. The normalized spacial score (nSPS) is 17.7. The average Bonchev–Trinajstić information content (AvgIpc) is 3.13. The number of hydrogen-bond acceptors (Lipinski definition) is 3. The first-order valence-electron chi connectivity index (χ1n) is 9.16. The molecular formula is C19H30BrN3O2. The Morgan fingerprint density at radius 3 is 2.88 bits per heavy atom. The Kier molecular flexibility index (Phi) is 9.92. The summed E-state index contributed by atoms with van der Waals surface area (Å²) in [6, 6.07) is 8.46. The number of rotatable bonds is 10. The molecular weight excluding hydrogens is 382 g/mol. The Bertz CT molecular complexity index is 519. The lowest BCUT2D eigenvalue weighted by atomic mass is 10.1. The molecule has 1 aliphatic heterocycles. The lowest BCUT2D eigenvalue weighted by Crippen LogP contribution is -2.38. The second-order valence-electron chi connectivity index (χ2n) is 6.22. The van der Waals surface area contributed by atoms with Crippen molar-refractivity contribution >= 4 is 21.9 Å². The smallest absolute Gasteiger partial charge is 0.190 e. The topological polar surface area (TPSA) is 54.9 Å². The van der Waals surface area contributed by atoms with Gasteiger partial charge in [0.2, 0.25) is 0 Å². The molecule has 0 spiro atoms. The van der Waals surface area contributed by atoms with Gasteiger partial charge in [-0.25, -0.2) is 0 Å². The summed E-state index contributed by atoms with van der Waals surface area (Å²) in [6.45, 7) is 4.13. The van der Waals surface area contributed by atoms with Crippen LogP contribution >= 0.6 is 15.9 Å². The van der Waals surface area contributed by atoms with Crippen LogP contribution in [0.5, 0.6) is 0 Å². The van der Waals surface area contributed by atoms with Gasteiger partial charge in [-0.05, 0) is 49.8 Å². The van der Waals surface area contributed by atoms with Crippen molar-refractivity contribution in [3.8, 4) is 0 Å². The van der Waals surface area contributed by atoms with Crippen molar-refractivity contribution in [2.24, 2.45) is 4.99 Å². The third-order valence-electron chi connectivity index (χ3n) is 4.13. The summed E-state index contributed by atoms with van der Waals surface area (Å²) < 4.78 is 12.3. The number of ether oxygens (including phenoxy) is 2. The summed E-state index contributed by atoms with van der Waals surface area (Å²) in [4.78, 5) is 4.25. The fraction of sp³-hybridized carbons (Fsp3) is 0.632. The van der Waals surface area contributed by atoms with Gasteiger partial charge in [-0.3, -0.25) is 4.99 Å². The van der Waals surface area contributed by atoms with Gasteiger partial charge in [-0.2, -0.15) is 0 Å². The van der Waals surface area contributed by atoms with Crippen LogP contribution in [-0.4, -0.2) is 52.0 Å². The molecule has 25 heavy (non-hydrogen) atoms. The van der Waals surface area contributed by atoms with Gasteiger partial charge in [0.05, 0.1) is 12.7 Å². The Balaban J connectivity index is 1.47. The van der Waals surface area contributed by atoms with Crippen molar-refractivity contribution in [1.82, 2.24) is 10.6 Å². The third kappa shape index (κ3) is 8.70. The van der Waals surface area contributed by atoms with Crippen LogP contribution in [-0.2, 0) is 15.9 Å². The molecule has 0 amide bonds. The molecule has 1 unspecified atom stereocenters. The lowest BCUT2D eigenvalue weighted by Gasteiger charge is -2.13. The number of guanidine groups is 1. The highest BCUT2D eigenvalue weighted by Crippen LogP contribution is 2.13. The zero-order valence-electron chi connectivity index (χ0n) is 15.1. The van der Waals surface area contributed by atoms with Crippen molar-refractivity contribution in [3.05, 3.63) is 34.3 Å². The maximum absolute atomic E-state index is 5.66. The van der Waals surface area contributed by atoms with Gasteiger partial charge in [0.25, 0.3) is 0 Å². The van der Waals surface area contributed by atoms with Crippen LogP contribution in [0.2, 0.25) is 0 Å². The van der Waals surface area contributed by atoms with Gasteiger partial charge in [0.1, 0.15) is 0 Å². The lowest BCUT2D eigenvalue weighted by molar-refractivity contribution is 0.0168. The van der Waals surface area contributed by atoms with E-state index in [9.17, 15) is 0 Å². The third-order valence-corrected chi connectivity index (χ3v) is 4.63. The molecule has 1 aromatic rings. The molecule has 140 valence electrons. The van der Waals surface area contributed by atoms with Gasteiger partial charge >= 0.3 is 0 Å². The minimum Gasteiger partial charge on any atom is -0.379 e. The van der Waals surface area contributed by atoms with E-state index in [1.807, 2.05) is 0 Å². The van der Waals surface area contributed by atoms with E-state index in [1.165, 1.54) is 12.0 Å². The number of aliphatic imine (C=N–C) groups is 1. The molecule has 0 radical (unpaired) electrons. The predicted octanol–water partition coefficient (Wildman–Crippen LogP) is 3.13. The zero-order chi connectivity index (χ0) is 17.7. The van der Waals surface area contributed by atoms with E-state index in [0.717, 1.165) is 69.0 Å². The van der Waals surface area contributed by atoms with E-state index in [0.29, 0.717) is 6.10 Å². The van der Waals surface area contributed by atoms with E-state index in [2.05, 4.69) is 55.8 Å². The maximum atomic E-state index is 5.66. The number of hydrogen-bond donors (Lipinski definition) is 2. The standard InChI is InChI=1S/C19H30BrN3O2/c1-21-19(22-10-3-7-16-6-2-8-17(20)14-16)23-11-5-12-24-15-18-9-4-13-25-18/h2,6,8,14,18H,3-5,7,9-13,15H2,1H3,(H2,21,22,23). The van der Waals surface area contributed by atoms with Crippen molar-refractivity contribution in [2.75, 3.05) is 40.0 Å². The molecule has 1 saturated heterocycles. The molecule has 0 aliphatic carbocycles. The van der Waals surface area contributed by atoms with E-state index >= 15 is 0 Å². The van der Waals surface area contributed by atoms with Crippen molar-refractivity contribution in [3.63, 3.8) is 0 Å². The van der Waals surface area contributed by atoms with Crippen LogP contribution in [0, 0.1) is 0 Å². The second kappa shape index (κ2) is 12.3. The molecule has 1 aliphatic rings. The summed E-state index contributed by atoms with van der Waals surface area (Å²) in [5.74, 6) is 0.855. The van der Waals surface area contributed by atoms with Gasteiger partial charge < -0.3 is 20.1 Å². The summed E-state index contributed by atoms with van der Waals surface area (Å²) >= 11 is 3.51. The Morgan fingerprint density at radius 1 is 1.32 bits per heavy atom. The van der Waals surface area contributed by atoms with Crippen LogP contribution in [0.15, 0.2) is 33.7 Å². The summed E-state index contributed by atoms with van der Waals surface area (Å²) in [7, 11) is 1.80. The minimum absolute atomic E-state index is 0.313. The van der Waals surface area contributed by atoms with Crippen molar-refractivity contribution < 1.29 is 9.47 Å². The number of halogens is 1. The number of nitrogens with one attached hydrogen (secondary N) is 2. The molecule has 2 rings (SSSR count). The summed E-state index contributed by atoms with van der Waals surface area (Å²) in [5, 5.41) is 6.68. The SMILES string of the molecule is CN=C(NCCCOCC1CCCO1)NCCCc1cccc(Br)c1. The molecule has 1 fully saturated rings. The predicted molar refractivity (Wildman–Crippen MR) is 106 cm³/mol.